The van der Waals surface area contributed by atoms with E-state index in [-0.39, 0.29) is 0 Å². The van der Waals surface area contributed by atoms with Gasteiger partial charge in [0.05, 0.1) is 10.6 Å². The number of hydrogen-bond donors (Lipinski definition) is 1. The van der Waals surface area contributed by atoms with Crippen LogP contribution in [0.15, 0.2) is 88.1 Å². The summed E-state index contributed by atoms with van der Waals surface area (Å²) in [7, 11) is 0. The average molecular weight is 392 g/mol. The van der Waals surface area contributed by atoms with Crippen molar-refractivity contribution in [3.05, 3.63) is 84.0 Å². The van der Waals surface area contributed by atoms with Gasteiger partial charge in [-0.15, -0.1) is 11.3 Å². The van der Waals surface area contributed by atoms with Crippen molar-refractivity contribution in [3.63, 3.8) is 0 Å². The zero-order valence-electron chi connectivity index (χ0n) is 14.6. The van der Waals surface area contributed by atoms with E-state index in [0.717, 1.165) is 37.9 Å². The van der Waals surface area contributed by atoms with Crippen LogP contribution in [0, 0.1) is 6.92 Å². The van der Waals surface area contributed by atoms with Gasteiger partial charge in [0.1, 0.15) is 17.3 Å². The van der Waals surface area contributed by atoms with Gasteiger partial charge in [-0.25, -0.2) is 9.97 Å². The molecule has 4 aromatic rings. The smallest absolute Gasteiger partial charge is 0.188 e. The molecule has 0 unspecified atom stereocenters. The molecule has 0 aliphatic rings. The summed E-state index contributed by atoms with van der Waals surface area (Å²) in [5.41, 5.74) is 1.00. The van der Waals surface area contributed by atoms with Crippen molar-refractivity contribution < 1.29 is 4.74 Å². The van der Waals surface area contributed by atoms with E-state index in [0.29, 0.717) is 0 Å². The second-order valence-electron chi connectivity index (χ2n) is 5.76. The minimum absolute atomic E-state index is 0.807. The molecule has 0 saturated carbocycles. The summed E-state index contributed by atoms with van der Waals surface area (Å²) in [6.45, 7) is 1.98. The Labute approximate surface area is 166 Å². The molecule has 0 aliphatic carbocycles. The van der Waals surface area contributed by atoms with Crippen LogP contribution in [-0.2, 0) is 0 Å². The molecule has 2 aromatic carbocycles. The van der Waals surface area contributed by atoms with Gasteiger partial charge < -0.3 is 10.1 Å². The summed E-state index contributed by atoms with van der Waals surface area (Å²) >= 11 is 3.23. The lowest BCUT2D eigenvalue weighted by Crippen LogP contribution is -1.95. The Bertz CT molecular complexity index is 1020. The first-order valence-corrected chi connectivity index (χ1v) is 10.1. The van der Waals surface area contributed by atoms with Gasteiger partial charge in [0, 0.05) is 16.5 Å². The molecule has 2 aromatic heterocycles. The van der Waals surface area contributed by atoms with Crippen LogP contribution in [0.5, 0.6) is 11.5 Å². The molecule has 0 bridgehead atoms. The lowest BCUT2D eigenvalue weighted by molar-refractivity contribution is 0.482. The van der Waals surface area contributed by atoms with Crippen LogP contribution in [0.4, 0.5) is 10.9 Å². The SMILES string of the molecule is Cc1csc(Nc2ncccc2Sc2ccc(Oc3ccccc3)cc2)n1. The van der Waals surface area contributed by atoms with Crippen molar-refractivity contribution in [1.82, 2.24) is 9.97 Å². The minimum atomic E-state index is 0.807. The van der Waals surface area contributed by atoms with Crippen LogP contribution >= 0.6 is 23.1 Å². The third kappa shape index (κ3) is 4.67. The third-order valence-electron chi connectivity index (χ3n) is 3.65. The number of rotatable bonds is 6. The monoisotopic (exact) mass is 391 g/mol. The van der Waals surface area contributed by atoms with Crippen molar-refractivity contribution in [2.45, 2.75) is 16.7 Å². The second kappa shape index (κ2) is 8.24. The third-order valence-corrected chi connectivity index (χ3v) is 5.58. The minimum Gasteiger partial charge on any atom is -0.457 e. The van der Waals surface area contributed by atoms with Gasteiger partial charge in [0.25, 0.3) is 0 Å². The first-order valence-electron chi connectivity index (χ1n) is 8.41. The Hall–Kier alpha value is -2.83. The summed E-state index contributed by atoms with van der Waals surface area (Å²) < 4.78 is 5.85. The van der Waals surface area contributed by atoms with Crippen LogP contribution in [0.1, 0.15) is 5.69 Å². The summed E-state index contributed by atoms with van der Waals surface area (Å²) in [6, 6.07) is 21.8. The fourth-order valence-corrected chi connectivity index (χ4v) is 3.97. The molecule has 6 heteroatoms. The zero-order chi connectivity index (χ0) is 18.5. The number of nitrogens with one attached hydrogen (secondary N) is 1. The molecular weight excluding hydrogens is 374 g/mol. The molecule has 4 rings (SSSR count). The van der Waals surface area contributed by atoms with Crippen molar-refractivity contribution >= 4 is 34.0 Å². The molecule has 27 heavy (non-hydrogen) atoms. The molecule has 0 saturated heterocycles. The van der Waals surface area contributed by atoms with E-state index in [4.69, 9.17) is 4.74 Å². The van der Waals surface area contributed by atoms with Gasteiger partial charge in [0.2, 0.25) is 0 Å². The zero-order valence-corrected chi connectivity index (χ0v) is 16.3. The first kappa shape index (κ1) is 17.6. The van der Waals surface area contributed by atoms with E-state index < -0.39 is 0 Å². The van der Waals surface area contributed by atoms with Gasteiger partial charge in [-0.1, -0.05) is 30.0 Å². The molecule has 0 amide bonds. The molecule has 0 radical (unpaired) electrons. The number of ether oxygens (including phenoxy) is 1. The normalized spacial score (nSPS) is 10.6. The molecule has 0 aliphatic heterocycles. The van der Waals surface area contributed by atoms with Crippen molar-refractivity contribution in [1.29, 1.82) is 0 Å². The van der Waals surface area contributed by atoms with Crippen molar-refractivity contribution in [3.8, 4) is 11.5 Å². The summed E-state index contributed by atoms with van der Waals surface area (Å²) in [6.07, 6.45) is 1.78. The lowest BCUT2D eigenvalue weighted by Gasteiger charge is -2.09. The highest BCUT2D eigenvalue weighted by Gasteiger charge is 2.08. The Morgan fingerprint density at radius 3 is 2.44 bits per heavy atom. The van der Waals surface area contributed by atoms with Gasteiger partial charge >= 0.3 is 0 Å². The van der Waals surface area contributed by atoms with Gasteiger partial charge in [-0.2, -0.15) is 0 Å². The van der Waals surface area contributed by atoms with E-state index in [1.807, 2.05) is 73.0 Å². The average Bonchev–Trinajstić information content (AvgIpc) is 3.10. The van der Waals surface area contributed by atoms with Gasteiger partial charge in [-0.05, 0) is 55.5 Å². The maximum absolute atomic E-state index is 5.85. The summed E-state index contributed by atoms with van der Waals surface area (Å²) in [4.78, 5) is 11.1. The number of aryl methyl sites for hydroxylation is 1. The van der Waals surface area contributed by atoms with E-state index >= 15 is 0 Å². The number of nitrogens with zero attached hydrogens (tertiary/aromatic N) is 2. The van der Waals surface area contributed by atoms with Gasteiger partial charge in [-0.3, -0.25) is 0 Å². The van der Waals surface area contributed by atoms with E-state index in [1.54, 1.807) is 29.3 Å². The van der Waals surface area contributed by atoms with Crippen LogP contribution in [0.2, 0.25) is 0 Å². The second-order valence-corrected chi connectivity index (χ2v) is 7.73. The number of pyridine rings is 1. The predicted octanol–water partition coefficient (Wildman–Crippen LogP) is 6.53. The molecule has 4 nitrogen and oxygen atoms in total. The predicted molar refractivity (Wildman–Crippen MR) is 111 cm³/mol. The number of para-hydroxylation sites is 1. The van der Waals surface area contributed by atoms with Crippen LogP contribution < -0.4 is 10.1 Å². The van der Waals surface area contributed by atoms with E-state index in [1.165, 1.54) is 0 Å². The molecular formula is C21H17N3OS2. The molecule has 2 heterocycles. The first-order chi connectivity index (χ1) is 13.3. The van der Waals surface area contributed by atoms with Crippen LogP contribution in [-0.4, -0.2) is 9.97 Å². The Morgan fingerprint density at radius 2 is 1.70 bits per heavy atom. The summed E-state index contributed by atoms with van der Waals surface area (Å²) in [5.74, 6) is 2.45. The lowest BCUT2D eigenvalue weighted by atomic mass is 10.3. The Balaban J connectivity index is 1.47. The van der Waals surface area contributed by atoms with Crippen molar-refractivity contribution in [2.24, 2.45) is 0 Å². The molecule has 0 atom stereocenters. The number of aromatic nitrogens is 2. The van der Waals surface area contributed by atoms with Crippen LogP contribution in [0.25, 0.3) is 0 Å². The highest BCUT2D eigenvalue weighted by atomic mass is 32.2. The maximum Gasteiger partial charge on any atom is 0.188 e. The number of thiazole rings is 1. The molecule has 1 N–H and O–H groups in total. The van der Waals surface area contributed by atoms with Crippen molar-refractivity contribution in [2.75, 3.05) is 5.32 Å². The Kier molecular flexibility index (Phi) is 5.37. The molecule has 0 fully saturated rings. The summed E-state index contributed by atoms with van der Waals surface area (Å²) in [5, 5.41) is 6.17. The topological polar surface area (TPSA) is 47.0 Å². The highest BCUT2D eigenvalue weighted by molar-refractivity contribution is 7.99. The number of anilines is 2. The largest absolute Gasteiger partial charge is 0.457 e. The van der Waals surface area contributed by atoms with E-state index in [9.17, 15) is 0 Å². The van der Waals surface area contributed by atoms with Gasteiger partial charge in [0.15, 0.2) is 5.13 Å². The molecule has 134 valence electrons. The standard InChI is InChI=1S/C21H17N3OS2/c1-15-14-26-21(23-15)24-20-19(8-5-13-22-20)27-18-11-9-17(10-12-18)25-16-6-3-2-4-7-16/h2-14H,1H3,(H,22,23,24). The maximum atomic E-state index is 5.85. The highest BCUT2D eigenvalue weighted by Crippen LogP contribution is 2.35. The molecule has 0 spiro atoms. The Morgan fingerprint density at radius 1 is 0.926 bits per heavy atom. The quantitative estimate of drug-likeness (QED) is 0.405. The number of hydrogen-bond acceptors (Lipinski definition) is 6. The fraction of sp³-hybridized carbons (Fsp3) is 0.0476. The van der Waals surface area contributed by atoms with Crippen LogP contribution in [0.3, 0.4) is 0 Å². The van der Waals surface area contributed by atoms with E-state index in [2.05, 4.69) is 21.4 Å². The number of benzene rings is 2. The fourth-order valence-electron chi connectivity index (χ4n) is 2.41.